The first-order chi connectivity index (χ1) is 10.2. The van der Waals surface area contributed by atoms with Crippen LogP contribution in [0.5, 0.6) is 0 Å². The Morgan fingerprint density at radius 1 is 1.24 bits per heavy atom. The van der Waals surface area contributed by atoms with Gasteiger partial charge < -0.3 is 14.8 Å². The molecule has 0 aliphatic heterocycles. The largest absolute Gasteiger partial charge is 0.385 e. The van der Waals surface area contributed by atoms with Gasteiger partial charge in [-0.2, -0.15) is 0 Å². The van der Waals surface area contributed by atoms with Crippen LogP contribution in [0.15, 0.2) is 24.3 Å². The molecule has 0 aliphatic carbocycles. The Kier molecular flexibility index (Phi) is 8.66. The summed E-state index contributed by atoms with van der Waals surface area (Å²) in [5, 5.41) is 2.94. The van der Waals surface area contributed by atoms with E-state index in [1.54, 1.807) is 14.2 Å². The van der Waals surface area contributed by atoms with Crippen molar-refractivity contribution in [2.45, 2.75) is 19.6 Å². The zero-order valence-electron chi connectivity index (χ0n) is 13.2. The van der Waals surface area contributed by atoms with Crippen LogP contribution in [-0.2, 0) is 27.4 Å². The van der Waals surface area contributed by atoms with Gasteiger partial charge in [0, 0.05) is 33.9 Å². The number of ether oxygens (including phenoxy) is 2. The van der Waals surface area contributed by atoms with E-state index in [9.17, 15) is 4.79 Å². The summed E-state index contributed by atoms with van der Waals surface area (Å²) in [7, 11) is 5.30. The van der Waals surface area contributed by atoms with E-state index in [1.165, 1.54) is 0 Å². The third-order valence-electron chi connectivity index (χ3n) is 3.09. The van der Waals surface area contributed by atoms with Crippen molar-refractivity contribution in [3.8, 4) is 0 Å². The summed E-state index contributed by atoms with van der Waals surface area (Å²) in [6.07, 6.45) is 0.930. The van der Waals surface area contributed by atoms with Gasteiger partial charge in [0.15, 0.2) is 0 Å². The van der Waals surface area contributed by atoms with Crippen molar-refractivity contribution in [2.24, 2.45) is 0 Å². The Bertz CT molecular complexity index is 424. The number of nitrogens with one attached hydrogen (secondary N) is 1. The summed E-state index contributed by atoms with van der Waals surface area (Å²) < 4.78 is 10.1. The van der Waals surface area contributed by atoms with Gasteiger partial charge in [0.1, 0.15) is 0 Å². The summed E-state index contributed by atoms with van der Waals surface area (Å²) >= 11 is 0. The molecule has 5 nitrogen and oxygen atoms in total. The molecule has 1 amide bonds. The van der Waals surface area contributed by atoms with Crippen LogP contribution in [0.4, 0.5) is 0 Å². The van der Waals surface area contributed by atoms with Gasteiger partial charge in [-0.3, -0.25) is 9.69 Å². The van der Waals surface area contributed by atoms with Crippen molar-refractivity contribution in [3.63, 3.8) is 0 Å². The number of benzene rings is 1. The first kappa shape index (κ1) is 17.6. The van der Waals surface area contributed by atoms with E-state index in [0.717, 1.165) is 30.7 Å². The van der Waals surface area contributed by atoms with Crippen LogP contribution < -0.4 is 5.32 Å². The van der Waals surface area contributed by atoms with E-state index in [-0.39, 0.29) is 5.91 Å². The molecule has 0 fully saturated rings. The molecule has 0 saturated heterocycles. The molecule has 0 aromatic heterocycles. The summed E-state index contributed by atoms with van der Waals surface area (Å²) in [6, 6.07) is 8.04. The normalized spacial score (nSPS) is 10.9. The highest BCUT2D eigenvalue weighted by atomic mass is 16.5. The van der Waals surface area contributed by atoms with Gasteiger partial charge >= 0.3 is 0 Å². The van der Waals surface area contributed by atoms with Gasteiger partial charge in [-0.1, -0.05) is 24.3 Å². The third-order valence-corrected chi connectivity index (χ3v) is 3.09. The molecule has 0 bridgehead atoms. The minimum Gasteiger partial charge on any atom is -0.385 e. The highest BCUT2D eigenvalue weighted by molar-refractivity contribution is 5.77. The minimum absolute atomic E-state index is 0.0343. The first-order valence-electron chi connectivity index (χ1n) is 7.16. The Balaban J connectivity index is 2.30. The quantitative estimate of drug-likeness (QED) is 0.663. The van der Waals surface area contributed by atoms with Crippen LogP contribution in [0.1, 0.15) is 17.5 Å². The molecule has 0 radical (unpaired) electrons. The topological polar surface area (TPSA) is 50.8 Å². The lowest BCUT2D eigenvalue weighted by atomic mass is 10.1. The molecule has 21 heavy (non-hydrogen) atoms. The molecule has 0 atom stereocenters. The molecule has 1 N–H and O–H groups in total. The molecule has 5 heteroatoms. The highest BCUT2D eigenvalue weighted by Gasteiger charge is 2.06. The Morgan fingerprint density at radius 3 is 2.71 bits per heavy atom. The number of nitrogens with zero attached hydrogens (tertiary/aromatic N) is 1. The summed E-state index contributed by atoms with van der Waals surface area (Å²) in [5.41, 5.74) is 2.20. The number of hydrogen-bond acceptors (Lipinski definition) is 4. The van der Waals surface area contributed by atoms with Gasteiger partial charge in [-0.15, -0.1) is 0 Å². The molecule has 1 aromatic carbocycles. The second-order valence-electron chi connectivity index (χ2n) is 5.11. The fourth-order valence-corrected chi connectivity index (χ4v) is 2.06. The smallest absolute Gasteiger partial charge is 0.234 e. The lowest BCUT2D eigenvalue weighted by Crippen LogP contribution is -2.35. The number of rotatable bonds is 10. The van der Waals surface area contributed by atoms with E-state index in [1.807, 2.05) is 36.2 Å². The minimum atomic E-state index is 0.0343. The lowest BCUT2D eigenvalue weighted by molar-refractivity contribution is -0.122. The van der Waals surface area contributed by atoms with Gasteiger partial charge in [0.05, 0.1) is 13.2 Å². The second-order valence-corrected chi connectivity index (χ2v) is 5.11. The van der Waals surface area contributed by atoms with Crippen molar-refractivity contribution in [1.29, 1.82) is 0 Å². The number of hydrogen-bond donors (Lipinski definition) is 1. The molecule has 1 rings (SSSR count). The maximum absolute atomic E-state index is 11.9. The third kappa shape index (κ3) is 7.80. The van der Waals surface area contributed by atoms with Crippen LogP contribution in [-0.4, -0.2) is 51.8 Å². The summed E-state index contributed by atoms with van der Waals surface area (Å²) in [4.78, 5) is 13.9. The molecule has 0 spiro atoms. The van der Waals surface area contributed by atoms with Crippen molar-refractivity contribution < 1.29 is 14.3 Å². The Labute approximate surface area is 127 Å². The van der Waals surface area contributed by atoms with E-state index >= 15 is 0 Å². The number of carbonyl (C=O) groups excluding carboxylic acids is 1. The predicted molar refractivity (Wildman–Crippen MR) is 83.0 cm³/mol. The number of carbonyl (C=O) groups is 1. The maximum Gasteiger partial charge on any atom is 0.234 e. The average molecular weight is 294 g/mol. The van der Waals surface area contributed by atoms with Crippen LogP contribution in [0, 0.1) is 0 Å². The van der Waals surface area contributed by atoms with E-state index < -0.39 is 0 Å². The molecule has 118 valence electrons. The summed E-state index contributed by atoms with van der Waals surface area (Å²) in [5.74, 6) is 0.0343. The van der Waals surface area contributed by atoms with Crippen LogP contribution >= 0.6 is 0 Å². The van der Waals surface area contributed by atoms with Gasteiger partial charge in [0.25, 0.3) is 0 Å². The Morgan fingerprint density at radius 2 is 2.00 bits per heavy atom. The SMILES string of the molecule is COCCCN(C)CC(=O)NCc1cccc(COC)c1. The van der Waals surface area contributed by atoms with Crippen LogP contribution in [0.3, 0.4) is 0 Å². The highest BCUT2D eigenvalue weighted by Crippen LogP contribution is 2.06. The first-order valence-corrected chi connectivity index (χ1v) is 7.16. The molecule has 0 saturated carbocycles. The standard InChI is InChI=1S/C16H26N2O3/c1-18(8-5-9-20-2)12-16(19)17-11-14-6-4-7-15(10-14)13-21-3/h4,6-7,10H,5,8-9,11-13H2,1-3H3,(H,17,19). The van der Waals surface area contributed by atoms with E-state index in [4.69, 9.17) is 9.47 Å². The summed E-state index contributed by atoms with van der Waals surface area (Å²) in [6.45, 7) is 3.11. The maximum atomic E-state index is 11.9. The number of likely N-dealkylation sites (N-methyl/N-ethyl adjacent to an activating group) is 1. The van der Waals surface area contributed by atoms with Gasteiger partial charge in [-0.25, -0.2) is 0 Å². The fourth-order valence-electron chi connectivity index (χ4n) is 2.06. The number of methoxy groups -OCH3 is 2. The molecule has 0 unspecified atom stereocenters. The molecule has 0 aliphatic rings. The second kappa shape index (κ2) is 10.3. The van der Waals surface area contributed by atoms with Crippen LogP contribution in [0.2, 0.25) is 0 Å². The number of amides is 1. The molecule has 0 heterocycles. The van der Waals surface area contributed by atoms with Gasteiger partial charge in [-0.05, 0) is 24.6 Å². The van der Waals surface area contributed by atoms with Gasteiger partial charge in [0.2, 0.25) is 5.91 Å². The zero-order valence-corrected chi connectivity index (χ0v) is 13.2. The van der Waals surface area contributed by atoms with Crippen molar-refractivity contribution in [3.05, 3.63) is 35.4 Å². The van der Waals surface area contributed by atoms with E-state index in [2.05, 4.69) is 5.32 Å². The van der Waals surface area contributed by atoms with E-state index in [0.29, 0.717) is 19.7 Å². The zero-order chi connectivity index (χ0) is 15.5. The Hall–Kier alpha value is -1.43. The van der Waals surface area contributed by atoms with Crippen molar-refractivity contribution in [1.82, 2.24) is 10.2 Å². The monoisotopic (exact) mass is 294 g/mol. The van der Waals surface area contributed by atoms with Crippen molar-refractivity contribution in [2.75, 3.05) is 41.0 Å². The van der Waals surface area contributed by atoms with Crippen LogP contribution in [0.25, 0.3) is 0 Å². The molecular weight excluding hydrogens is 268 g/mol. The lowest BCUT2D eigenvalue weighted by Gasteiger charge is -2.16. The fraction of sp³-hybridized carbons (Fsp3) is 0.562. The average Bonchev–Trinajstić information content (AvgIpc) is 2.46. The molecule has 1 aromatic rings. The van der Waals surface area contributed by atoms with Crippen molar-refractivity contribution >= 4 is 5.91 Å². The predicted octanol–water partition coefficient (Wildman–Crippen LogP) is 1.42. The molecular formula is C16H26N2O3.